The lowest BCUT2D eigenvalue weighted by atomic mass is 10.2. The number of hydrogen-bond donors (Lipinski definition) is 1. The van der Waals surface area contributed by atoms with Crippen LogP contribution < -0.4 is 0 Å². The van der Waals surface area contributed by atoms with E-state index in [1.165, 1.54) is 0 Å². The molecule has 0 aliphatic carbocycles. The smallest absolute Gasteiger partial charge is 0.133 e. The second-order valence-corrected chi connectivity index (χ2v) is 2.68. The third-order valence-electron chi connectivity index (χ3n) is 1.45. The zero-order valence-corrected chi connectivity index (χ0v) is 7.21. The van der Waals surface area contributed by atoms with E-state index in [0.29, 0.717) is 12.8 Å². The van der Waals surface area contributed by atoms with Gasteiger partial charge in [0, 0.05) is 6.42 Å². The molecule has 0 spiro atoms. The molecule has 0 rings (SSSR count). The number of carbonyl (C=O) groups excluding carboxylic acids is 1. The van der Waals surface area contributed by atoms with Crippen LogP contribution in [-0.2, 0) is 4.79 Å². The van der Waals surface area contributed by atoms with Crippen LogP contribution in [0.2, 0.25) is 0 Å². The van der Waals surface area contributed by atoms with Gasteiger partial charge in [-0.05, 0) is 19.8 Å². The molecule has 0 radical (unpaired) electrons. The van der Waals surface area contributed by atoms with Crippen LogP contribution in [0.5, 0.6) is 0 Å². The van der Waals surface area contributed by atoms with Gasteiger partial charge in [-0.25, -0.2) is 0 Å². The summed E-state index contributed by atoms with van der Waals surface area (Å²) in [6, 6.07) is 0. The lowest BCUT2D eigenvalue weighted by molar-refractivity contribution is -0.116. The first kappa shape index (κ1) is 10.4. The Morgan fingerprint density at radius 3 is 2.64 bits per heavy atom. The van der Waals surface area contributed by atoms with Crippen molar-refractivity contribution < 1.29 is 9.90 Å². The fourth-order valence-electron chi connectivity index (χ4n) is 0.669. The number of hydrogen-bond acceptors (Lipinski definition) is 2. The van der Waals surface area contributed by atoms with Crippen molar-refractivity contribution in [2.75, 3.05) is 0 Å². The first-order valence-electron chi connectivity index (χ1n) is 3.99. The predicted octanol–water partition coefficient (Wildman–Crippen LogP) is 1.68. The third-order valence-corrected chi connectivity index (χ3v) is 1.45. The Balaban J connectivity index is 3.36. The Bertz CT molecular complexity index is 138. The minimum absolute atomic E-state index is 0.159. The van der Waals surface area contributed by atoms with Gasteiger partial charge in [-0.2, -0.15) is 0 Å². The molecule has 0 fully saturated rings. The van der Waals surface area contributed by atoms with Crippen LogP contribution in [0.15, 0.2) is 12.2 Å². The summed E-state index contributed by atoms with van der Waals surface area (Å²) in [7, 11) is 0. The standard InChI is InChI=1S/C9H16O2/c1-3-9(11)7-5-4-6-8(2)10/h4-5,9,11H,3,6-7H2,1-2H3. The van der Waals surface area contributed by atoms with Crippen LogP contribution in [0.3, 0.4) is 0 Å². The third kappa shape index (κ3) is 7.26. The van der Waals surface area contributed by atoms with E-state index in [0.717, 1.165) is 6.42 Å². The van der Waals surface area contributed by atoms with E-state index in [4.69, 9.17) is 5.11 Å². The van der Waals surface area contributed by atoms with E-state index in [-0.39, 0.29) is 11.9 Å². The van der Waals surface area contributed by atoms with Crippen molar-refractivity contribution in [1.82, 2.24) is 0 Å². The van der Waals surface area contributed by atoms with Crippen molar-refractivity contribution in [2.45, 2.75) is 39.2 Å². The molecule has 0 aliphatic heterocycles. The Morgan fingerprint density at radius 1 is 1.55 bits per heavy atom. The Hall–Kier alpha value is -0.630. The molecule has 11 heavy (non-hydrogen) atoms. The van der Waals surface area contributed by atoms with Crippen molar-refractivity contribution in [1.29, 1.82) is 0 Å². The predicted molar refractivity (Wildman–Crippen MR) is 45.4 cm³/mol. The topological polar surface area (TPSA) is 37.3 Å². The van der Waals surface area contributed by atoms with Crippen molar-refractivity contribution in [3.63, 3.8) is 0 Å². The molecular weight excluding hydrogens is 140 g/mol. The van der Waals surface area contributed by atoms with Gasteiger partial charge < -0.3 is 5.11 Å². The number of ketones is 1. The molecular formula is C9H16O2. The normalized spacial score (nSPS) is 13.7. The fraction of sp³-hybridized carbons (Fsp3) is 0.667. The van der Waals surface area contributed by atoms with Crippen LogP contribution in [0.1, 0.15) is 33.1 Å². The summed E-state index contributed by atoms with van der Waals surface area (Å²) in [5.74, 6) is 0.159. The number of rotatable bonds is 5. The van der Waals surface area contributed by atoms with E-state index in [1.807, 2.05) is 13.0 Å². The second kappa shape index (κ2) is 6.10. The average Bonchev–Trinajstić information content (AvgIpc) is 1.97. The molecule has 64 valence electrons. The highest BCUT2D eigenvalue weighted by molar-refractivity contribution is 5.76. The van der Waals surface area contributed by atoms with Crippen molar-refractivity contribution in [2.24, 2.45) is 0 Å². The molecule has 1 atom stereocenters. The zero-order valence-electron chi connectivity index (χ0n) is 7.21. The van der Waals surface area contributed by atoms with E-state index in [2.05, 4.69) is 0 Å². The first-order valence-corrected chi connectivity index (χ1v) is 3.99. The monoisotopic (exact) mass is 156 g/mol. The van der Waals surface area contributed by atoms with Gasteiger partial charge in [0.05, 0.1) is 6.10 Å². The molecule has 0 aromatic rings. The lowest BCUT2D eigenvalue weighted by Crippen LogP contribution is -2.01. The number of aliphatic hydroxyl groups is 1. The van der Waals surface area contributed by atoms with E-state index >= 15 is 0 Å². The summed E-state index contributed by atoms with van der Waals surface area (Å²) >= 11 is 0. The Labute approximate surface area is 67.9 Å². The molecule has 0 aromatic carbocycles. The molecule has 0 aliphatic rings. The highest BCUT2D eigenvalue weighted by atomic mass is 16.3. The number of allylic oxidation sites excluding steroid dienone is 1. The van der Waals surface area contributed by atoms with E-state index < -0.39 is 0 Å². The summed E-state index contributed by atoms with van der Waals surface area (Å²) < 4.78 is 0. The van der Waals surface area contributed by atoms with Crippen molar-refractivity contribution in [3.05, 3.63) is 12.2 Å². The van der Waals surface area contributed by atoms with Crippen LogP contribution in [0.25, 0.3) is 0 Å². The van der Waals surface area contributed by atoms with E-state index in [9.17, 15) is 4.79 Å². The molecule has 2 heteroatoms. The molecule has 0 bridgehead atoms. The van der Waals surface area contributed by atoms with Gasteiger partial charge in [0.2, 0.25) is 0 Å². The number of carbonyl (C=O) groups is 1. The molecule has 2 nitrogen and oxygen atoms in total. The van der Waals surface area contributed by atoms with Crippen LogP contribution in [0, 0.1) is 0 Å². The molecule has 0 saturated carbocycles. The van der Waals surface area contributed by atoms with Gasteiger partial charge in [0.25, 0.3) is 0 Å². The van der Waals surface area contributed by atoms with Gasteiger partial charge in [-0.1, -0.05) is 19.1 Å². The SMILES string of the molecule is CCC(O)CC=CCC(C)=O. The summed E-state index contributed by atoms with van der Waals surface area (Å²) in [4.78, 5) is 10.4. The Kier molecular flexibility index (Phi) is 5.75. The first-order chi connectivity index (χ1) is 5.16. The molecule has 0 saturated heterocycles. The van der Waals surface area contributed by atoms with Gasteiger partial charge in [0.1, 0.15) is 5.78 Å². The van der Waals surface area contributed by atoms with E-state index in [1.54, 1.807) is 13.0 Å². The minimum atomic E-state index is -0.252. The molecule has 0 aromatic heterocycles. The van der Waals surface area contributed by atoms with Crippen LogP contribution in [-0.4, -0.2) is 17.0 Å². The van der Waals surface area contributed by atoms with Gasteiger partial charge in [0.15, 0.2) is 0 Å². The minimum Gasteiger partial charge on any atom is -0.393 e. The van der Waals surface area contributed by atoms with Gasteiger partial charge >= 0.3 is 0 Å². The number of Topliss-reactive ketones (excluding diaryl/α,β-unsaturated/α-hetero) is 1. The number of aliphatic hydroxyl groups excluding tert-OH is 1. The summed E-state index contributed by atoms with van der Waals surface area (Å²) in [6.07, 6.45) is 5.32. The molecule has 1 unspecified atom stereocenters. The van der Waals surface area contributed by atoms with Crippen LogP contribution in [0.4, 0.5) is 0 Å². The van der Waals surface area contributed by atoms with Crippen molar-refractivity contribution in [3.8, 4) is 0 Å². The van der Waals surface area contributed by atoms with Gasteiger partial charge in [-0.3, -0.25) is 4.79 Å². The summed E-state index contributed by atoms with van der Waals surface area (Å²) in [5.41, 5.74) is 0. The largest absolute Gasteiger partial charge is 0.393 e. The molecule has 0 heterocycles. The van der Waals surface area contributed by atoms with Crippen LogP contribution >= 0.6 is 0 Å². The molecule has 0 amide bonds. The summed E-state index contributed by atoms with van der Waals surface area (Å²) in [6.45, 7) is 3.49. The maximum atomic E-state index is 10.4. The van der Waals surface area contributed by atoms with Crippen molar-refractivity contribution >= 4 is 5.78 Å². The zero-order chi connectivity index (χ0) is 8.69. The average molecular weight is 156 g/mol. The fourth-order valence-corrected chi connectivity index (χ4v) is 0.669. The molecule has 1 N–H and O–H groups in total. The highest BCUT2D eigenvalue weighted by Crippen LogP contribution is 1.98. The highest BCUT2D eigenvalue weighted by Gasteiger charge is 1.95. The van der Waals surface area contributed by atoms with Gasteiger partial charge in [-0.15, -0.1) is 0 Å². The maximum absolute atomic E-state index is 10.4. The Morgan fingerprint density at radius 2 is 2.18 bits per heavy atom. The summed E-state index contributed by atoms with van der Waals surface area (Å²) in [5, 5.41) is 9.09. The quantitative estimate of drug-likeness (QED) is 0.615. The second-order valence-electron chi connectivity index (χ2n) is 2.68. The maximum Gasteiger partial charge on any atom is 0.133 e. The lowest BCUT2D eigenvalue weighted by Gasteiger charge is -2.00.